The summed E-state index contributed by atoms with van der Waals surface area (Å²) < 4.78 is 0. The van der Waals surface area contributed by atoms with E-state index in [-0.39, 0.29) is 23.9 Å². The van der Waals surface area contributed by atoms with E-state index in [1.807, 2.05) is 51.1 Å². The zero-order valence-electron chi connectivity index (χ0n) is 15.2. The highest BCUT2D eigenvalue weighted by Gasteiger charge is 2.24. The average Bonchev–Trinajstić information content (AvgIpc) is 3.02. The minimum absolute atomic E-state index is 0.0271. The summed E-state index contributed by atoms with van der Waals surface area (Å²) in [5.41, 5.74) is 0.483. The van der Waals surface area contributed by atoms with Crippen molar-refractivity contribution in [3.8, 4) is 11.4 Å². The molecule has 1 heterocycles. The van der Waals surface area contributed by atoms with Gasteiger partial charge in [0.05, 0.1) is 6.54 Å². The summed E-state index contributed by atoms with van der Waals surface area (Å²) >= 11 is 0. The van der Waals surface area contributed by atoms with Gasteiger partial charge in [0.1, 0.15) is 6.04 Å². The minimum Gasteiger partial charge on any atom is -0.350 e. The number of carbonyl (C=O) groups excluding carboxylic acids is 2. The smallest absolute Gasteiger partial charge is 0.249 e. The molecule has 1 N–H and O–H groups in total. The largest absolute Gasteiger partial charge is 0.350 e. The van der Waals surface area contributed by atoms with Crippen LogP contribution in [0.5, 0.6) is 0 Å². The highest BCUT2D eigenvalue weighted by molar-refractivity contribution is 5.86. The fraction of sp³-hybridized carbons (Fsp3) is 0.471. The molecule has 0 radical (unpaired) electrons. The predicted octanol–water partition coefficient (Wildman–Crippen LogP) is 1.27. The van der Waals surface area contributed by atoms with E-state index in [0.29, 0.717) is 5.82 Å². The van der Waals surface area contributed by atoms with Gasteiger partial charge in [-0.15, -0.1) is 10.2 Å². The molecule has 0 aliphatic rings. The van der Waals surface area contributed by atoms with Crippen LogP contribution >= 0.6 is 0 Å². The highest BCUT2D eigenvalue weighted by Crippen LogP contribution is 2.14. The van der Waals surface area contributed by atoms with Crippen LogP contribution < -0.4 is 5.32 Å². The van der Waals surface area contributed by atoms with Crippen LogP contribution in [-0.2, 0) is 9.59 Å². The standard InChI is InChI=1S/C17H24N6O2/c1-12(16(25)22(5)11-14(24)18-17(2,3)4)23-20-15(19-21-23)13-9-7-6-8-10-13/h6-10,12H,11H2,1-5H3,(H,18,24). The summed E-state index contributed by atoms with van der Waals surface area (Å²) in [6.07, 6.45) is 0. The quantitative estimate of drug-likeness (QED) is 0.882. The van der Waals surface area contributed by atoms with Crippen LogP contribution in [0.15, 0.2) is 30.3 Å². The van der Waals surface area contributed by atoms with Crippen molar-refractivity contribution in [3.05, 3.63) is 30.3 Å². The number of amides is 2. The second-order valence-corrected chi connectivity index (χ2v) is 6.97. The van der Waals surface area contributed by atoms with Gasteiger partial charge in [0.15, 0.2) is 0 Å². The predicted molar refractivity (Wildman–Crippen MR) is 93.5 cm³/mol. The number of tetrazole rings is 1. The Bertz CT molecular complexity index is 735. The lowest BCUT2D eigenvalue weighted by Crippen LogP contribution is -2.47. The van der Waals surface area contributed by atoms with Crippen molar-refractivity contribution in [2.45, 2.75) is 39.3 Å². The number of carbonyl (C=O) groups is 2. The molecule has 25 heavy (non-hydrogen) atoms. The van der Waals surface area contributed by atoms with E-state index in [0.717, 1.165) is 5.56 Å². The van der Waals surface area contributed by atoms with Gasteiger partial charge in [-0.1, -0.05) is 30.3 Å². The van der Waals surface area contributed by atoms with Crippen LogP contribution in [0.3, 0.4) is 0 Å². The molecule has 0 aliphatic carbocycles. The van der Waals surface area contributed by atoms with E-state index in [4.69, 9.17) is 0 Å². The normalized spacial score (nSPS) is 12.5. The van der Waals surface area contributed by atoms with Gasteiger partial charge in [-0.25, -0.2) is 0 Å². The van der Waals surface area contributed by atoms with Crippen molar-refractivity contribution >= 4 is 11.8 Å². The molecule has 2 amide bonds. The lowest BCUT2D eigenvalue weighted by atomic mass is 10.1. The summed E-state index contributed by atoms with van der Waals surface area (Å²) in [4.78, 5) is 27.1. The summed E-state index contributed by atoms with van der Waals surface area (Å²) in [6, 6.07) is 8.75. The molecule has 0 bridgehead atoms. The lowest BCUT2D eigenvalue weighted by molar-refractivity contribution is -0.138. The van der Waals surface area contributed by atoms with E-state index in [1.54, 1.807) is 14.0 Å². The van der Waals surface area contributed by atoms with Crippen LogP contribution in [0, 0.1) is 0 Å². The maximum absolute atomic E-state index is 12.5. The maximum Gasteiger partial charge on any atom is 0.249 e. The molecular weight excluding hydrogens is 320 g/mol. The molecule has 0 spiro atoms. The molecule has 0 aliphatic heterocycles. The maximum atomic E-state index is 12.5. The molecule has 134 valence electrons. The molecule has 1 aromatic heterocycles. The van der Waals surface area contributed by atoms with Crippen LogP contribution in [0.2, 0.25) is 0 Å². The van der Waals surface area contributed by atoms with Gasteiger partial charge in [-0.3, -0.25) is 9.59 Å². The van der Waals surface area contributed by atoms with Crippen LogP contribution in [0.4, 0.5) is 0 Å². The monoisotopic (exact) mass is 344 g/mol. The molecule has 1 unspecified atom stereocenters. The molecule has 0 fully saturated rings. The van der Waals surface area contributed by atoms with Crippen molar-refractivity contribution in [1.82, 2.24) is 30.4 Å². The fourth-order valence-corrected chi connectivity index (χ4v) is 2.26. The first kappa shape index (κ1) is 18.6. The van der Waals surface area contributed by atoms with E-state index in [9.17, 15) is 9.59 Å². The Labute approximate surface area is 147 Å². The first-order chi connectivity index (χ1) is 11.7. The Morgan fingerprint density at radius 1 is 1.24 bits per heavy atom. The van der Waals surface area contributed by atoms with Crippen LogP contribution in [0.1, 0.15) is 33.7 Å². The van der Waals surface area contributed by atoms with Gasteiger partial charge in [0.25, 0.3) is 0 Å². The second kappa shape index (κ2) is 7.42. The Morgan fingerprint density at radius 2 is 1.88 bits per heavy atom. The van der Waals surface area contributed by atoms with Crippen molar-refractivity contribution in [3.63, 3.8) is 0 Å². The van der Waals surface area contributed by atoms with Gasteiger partial charge >= 0.3 is 0 Å². The zero-order chi connectivity index (χ0) is 18.6. The van der Waals surface area contributed by atoms with Crippen molar-refractivity contribution in [2.75, 3.05) is 13.6 Å². The van der Waals surface area contributed by atoms with E-state index < -0.39 is 6.04 Å². The average molecular weight is 344 g/mol. The summed E-state index contributed by atoms with van der Waals surface area (Å²) in [5, 5.41) is 15.0. The molecule has 2 aromatic rings. The number of aromatic nitrogens is 4. The number of likely N-dealkylation sites (N-methyl/N-ethyl adjacent to an activating group) is 1. The van der Waals surface area contributed by atoms with Gasteiger partial charge < -0.3 is 10.2 Å². The SMILES string of the molecule is CC(C(=O)N(C)CC(=O)NC(C)(C)C)n1nnc(-c2ccccc2)n1. The van der Waals surface area contributed by atoms with Gasteiger partial charge in [0, 0.05) is 18.2 Å². The molecular formula is C17H24N6O2. The third kappa shape index (κ3) is 5.10. The number of rotatable bonds is 5. The van der Waals surface area contributed by atoms with Crippen molar-refractivity contribution in [2.24, 2.45) is 0 Å². The Morgan fingerprint density at radius 3 is 2.48 bits per heavy atom. The Kier molecular flexibility index (Phi) is 5.51. The molecule has 2 rings (SSSR count). The summed E-state index contributed by atoms with van der Waals surface area (Å²) in [5.74, 6) is -0.0264. The topological polar surface area (TPSA) is 93.0 Å². The van der Waals surface area contributed by atoms with Gasteiger partial charge in [-0.05, 0) is 32.9 Å². The number of hydrogen-bond donors (Lipinski definition) is 1. The Balaban J connectivity index is 2.02. The second-order valence-electron chi connectivity index (χ2n) is 6.97. The van der Waals surface area contributed by atoms with Crippen molar-refractivity contribution in [1.29, 1.82) is 0 Å². The van der Waals surface area contributed by atoms with Crippen molar-refractivity contribution < 1.29 is 9.59 Å². The molecule has 0 saturated heterocycles. The van der Waals surface area contributed by atoms with E-state index >= 15 is 0 Å². The molecule has 8 nitrogen and oxygen atoms in total. The number of benzene rings is 1. The number of hydrogen-bond acceptors (Lipinski definition) is 5. The third-order valence-electron chi connectivity index (χ3n) is 3.44. The number of nitrogens with zero attached hydrogens (tertiary/aromatic N) is 5. The first-order valence-electron chi connectivity index (χ1n) is 8.08. The van der Waals surface area contributed by atoms with Crippen LogP contribution in [0.25, 0.3) is 11.4 Å². The van der Waals surface area contributed by atoms with Crippen LogP contribution in [-0.4, -0.2) is 56.1 Å². The third-order valence-corrected chi connectivity index (χ3v) is 3.44. The lowest BCUT2D eigenvalue weighted by Gasteiger charge is -2.24. The van der Waals surface area contributed by atoms with Gasteiger partial charge in [0.2, 0.25) is 17.6 Å². The summed E-state index contributed by atoms with van der Waals surface area (Å²) in [6.45, 7) is 7.32. The molecule has 1 atom stereocenters. The van der Waals surface area contributed by atoms with E-state index in [2.05, 4.69) is 20.7 Å². The first-order valence-corrected chi connectivity index (χ1v) is 8.08. The highest BCUT2D eigenvalue weighted by atomic mass is 16.2. The number of nitrogens with one attached hydrogen (secondary N) is 1. The molecule has 1 aromatic carbocycles. The molecule has 0 saturated carbocycles. The van der Waals surface area contributed by atoms with E-state index in [1.165, 1.54) is 9.70 Å². The van der Waals surface area contributed by atoms with Gasteiger partial charge in [-0.2, -0.15) is 4.80 Å². The Hall–Kier alpha value is -2.77. The molecule has 8 heteroatoms. The zero-order valence-corrected chi connectivity index (χ0v) is 15.2. The minimum atomic E-state index is -0.655. The summed E-state index contributed by atoms with van der Waals surface area (Å²) in [7, 11) is 1.58. The fourth-order valence-electron chi connectivity index (χ4n) is 2.26.